The van der Waals surface area contributed by atoms with Crippen molar-refractivity contribution in [2.75, 3.05) is 26.8 Å². The topological polar surface area (TPSA) is 65.1 Å². The number of carbonyl (C=O) groups is 2. The maximum Gasteiger partial charge on any atom is 0.409 e. The van der Waals surface area contributed by atoms with E-state index in [-0.39, 0.29) is 30.0 Å². The number of fused-ring (bicyclic) bond motifs is 2. The molecule has 1 aliphatic carbocycles. The van der Waals surface area contributed by atoms with Gasteiger partial charge in [-0.05, 0) is 55.5 Å². The van der Waals surface area contributed by atoms with Gasteiger partial charge in [-0.1, -0.05) is 40.2 Å². The summed E-state index contributed by atoms with van der Waals surface area (Å²) in [5.41, 5.74) is 3.24. The molecule has 2 aromatic rings. The van der Waals surface area contributed by atoms with Gasteiger partial charge in [-0.3, -0.25) is 4.79 Å². The van der Waals surface area contributed by atoms with E-state index in [9.17, 15) is 9.59 Å². The van der Waals surface area contributed by atoms with Gasteiger partial charge in [0.05, 0.1) is 20.1 Å². The first kappa shape index (κ1) is 22.6. The van der Waals surface area contributed by atoms with Crippen LogP contribution >= 0.6 is 15.9 Å². The van der Waals surface area contributed by atoms with Crippen LogP contribution in [0.15, 0.2) is 46.9 Å². The summed E-state index contributed by atoms with van der Waals surface area (Å²) in [6, 6.07) is 14.0. The van der Waals surface area contributed by atoms with Crippen molar-refractivity contribution < 1.29 is 23.8 Å². The number of ether oxygens (including phenoxy) is 3. The van der Waals surface area contributed by atoms with Gasteiger partial charge < -0.3 is 19.1 Å². The second-order valence-electron chi connectivity index (χ2n) is 8.37. The number of methoxy groups -OCH3 is 1. The molecule has 1 aliphatic heterocycles. The molecule has 1 spiro atoms. The van der Waals surface area contributed by atoms with E-state index in [1.54, 1.807) is 11.8 Å². The Kier molecular flexibility index (Phi) is 6.74. The summed E-state index contributed by atoms with van der Waals surface area (Å²) < 4.78 is 17.6. The van der Waals surface area contributed by atoms with Gasteiger partial charge >= 0.3 is 12.1 Å². The minimum atomic E-state index is -0.269. The lowest BCUT2D eigenvalue weighted by Gasteiger charge is -2.39. The average molecular weight is 502 g/mol. The van der Waals surface area contributed by atoms with Crippen molar-refractivity contribution in [1.82, 2.24) is 4.90 Å². The number of esters is 1. The molecule has 1 saturated heterocycles. The Morgan fingerprint density at radius 1 is 1.16 bits per heavy atom. The van der Waals surface area contributed by atoms with Gasteiger partial charge in [-0.15, -0.1) is 0 Å². The molecule has 4 rings (SSSR count). The second-order valence-corrected chi connectivity index (χ2v) is 9.28. The largest absolute Gasteiger partial charge is 0.485 e. The first-order valence-electron chi connectivity index (χ1n) is 11.0. The number of rotatable bonds is 5. The van der Waals surface area contributed by atoms with Crippen LogP contribution in [0.5, 0.6) is 5.75 Å². The molecule has 0 saturated carbocycles. The van der Waals surface area contributed by atoms with Crippen molar-refractivity contribution in [2.24, 2.45) is 0 Å². The zero-order chi connectivity index (χ0) is 22.7. The third kappa shape index (κ3) is 4.49. The van der Waals surface area contributed by atoms with E-state index in [1.807, 2.05) is 24.3 Å². The van der Waals surface area contributed by atoms with Gasteiger partial charge in [0.1, 0.15) is 11.9 Å². The summed E-state index contributed by atoms with van der Waals surface area (Å²) >= 11 is 3.61. The minimum absolute atomic E-state index is 0.0404. The van der Waals surface area contributed by atoms with Crippen LogP contribution in [-0.2, 0) is 26.1 Å². The molecule has 0 unspecified atom stereocenters. The van der Waals surface area contributed by atoms with E-state index in [2.05, 4.69) is 34.1 Å². The predicted octanol–water partition coefficient (Wildman–Crippen LogP) is 5.18. The SMILES string of the molecule is CCOC(=O)Cc1ccccc1O[C@H]1CC2(CCN(C(=O)OC)CC2)c2ccc(Br)cc21. The van der Waals surface area contributed by atoms with Crippen molar-refractivity contribution in [2.45, 2.75) is 44.1 Å². The van der Waals surface area contributed by atoms with Crippen LogP contribution in [0.3, 0.4) is 0 Å². The average Bonchev–Trinajstić information content (AvgIpc) is 3.07. The van der Waals surface area contributed by atoms with Crippen molar-refractivity contribution in [3.8, 4) is 5.75 Å². The molecule has 170 valence electrons. The number of nitrogens with zero attached hydrogens (tertiary/aromatic N) is 1. The van der Waals surface area contributed by atoms with E-state index in [0.717, 1.165) is 34.9 Å². The summed E-state index contributed by atoms with van der Waals surface area (Å²) in [4.78, 5) is 25.8. The second kappa shape index (κ2) is 9.53. The number of likely N-dealkylation sites (tertiary alicyclic amines) is 1. The number of hydrogen-bond donors (Lipinski definition) is 0. The zero-order valence-corrected chi connectivity index (χ0v) is 20.0. The number of halogens is 1. The fraction of sp³-hybridized carbons (Fsp3) is 0.440. The third-order valence-corrected chi connectivity index (χ3v) is 7.04. The number of benzene rings is 2. The number of hydrogen-bond acceptors (Lipinski definition) is 5. The lowest BCUT2D eigenvalue weighted by atomic mass is 9.74. The first-order valence-corrected chi connectivity index (χ1v) is 11.8. The van der Waals surface area contributed by atoms with E-state index in [4.69, 9.17) is 14.2 Å². The lowest BCUT2D eigenvalue weighted by molar-refractivity contribution is -0.142. The van der Waals surface area contributed by atoms with Crippen LogP contribution in [0.1, 0.15) is 49.0 Å². The molecule has 6 nitrogen and oxygen atoms in total. The maximum absolute atomic E-state index is 12.1. The van der Waals surface area contributed by atoms with E-state index in [1.165, 1.54) is 12.7 Å². The molecule has 1 amide bonds. The van der Waals surface area contributed by atoms with Crippen LogP contribution < -0.4 is 4.74 Å². The van der Waals surface area contributed by atoms with Crippen molar-refractivity contribution in [1.29, 1.82) is 0 Å². The fourth-order valence-corrected chi connectivity index (χ4v) is 5.35. The van der Waals surface area contributed by atoms with Crippen LogP contribution in [0.4, 0.5) is 4.79 Å². The van der Waals surface area contributed by atoms with Crippen LogP contribution in [0, 0.1) is 0 Å². The molecule has 0 aromatic heterocycles. The summed E-state index contributed by atoms with van der Waals surface area (Å²) in [7, 11) is 1.42. The molecule has 2 aromatic carbocycles. The molecule has 7 heteroatoms. The zero-order valence-electron chi connectivity index (χ0n) is 18.4. The lowest BCUT2D eigenvalue weighted by Crippen LogP contribution is -2.44. The van der Waals surface area contributed by atoms with E-state index in [0.29, 0.717) is 25.4 Å². The smallest absolute Gasteiger partial charge is 0.409 e. The fourth-order valence-electron chi connectivity index (χ4n) is 4.97. The summed E-state index contributed by atoms with van der Waals surface area (Å²) in [5, 5.41) is 0. The number of carbonyl (C=O) groups excluding carboxylic acids is 2. The van der Waals surface area contributed by atoms with Crippen molar-refractivity contribution in [3.63, 3.8) is 0 Å². The molecule has 0 N–H and O–H groups in total. The molecule has 0 radical (unpaired) electrons. The monoisotopic (exact) mass is 501 g/mol. The molecular formula is C25H28BrNO5. The third-order valence-electron chi connectivity index (χ3n) is 6.54. The summed E-state index contributed by atoms with van der Waals surface area (Å²) in [6.45, 7) is 3.48. The van der Waals surface area contributed by atoms with E-state index < -0.39 is 0 Å². The molecule has 0 bridgehead atoms. The number of piperidine rings is 1. The highest BCUT2D eigenvalue weighted by Crippen LogP contribution is 2.52. The number of para-hydroxylation sites is 1. The quantitative estimate of drug-likeness (QED) is 0.528. The van der Waals surface area contributed by atoms with Gasteiger partial charge in [-0.2, -0.15) is 0 Å². The standard InChI is InChI=1S/C25H28BrNO5/c1-3-31-23(28)14-17-6-4-5-7-21(17)32-22-16-25(20-9-8-18(26)15-19(20)22)10-12-27(13-11-25)24(29)30-2/h4-9,15,22H,3,10-14,16H2,1-2H3/t22-/m0/s1. The Morgan fingerprint density at radius 3 is 2.62 bits per heavy atom. The Labute approximate surface area is 197 Å². The Morgan fingerprint density at radius 2 is 1.91 bits per heavy atom. The molecule has 1 atom stereocenters. The maximum atomic E-state index is 12.1. The van der Waals surface area contributed by atoms with Gasteiger partial charge in [0.15, 0.2) is 0 Å². The highest BCUT2D eigenvalue weighted by atomic mass is 79.9. The van der Waals surface area contributed by atoms with Crippen LogP contribution in [-0.4, -0.2) is 43.8 Å². The molecule has 1 fully saturated rings. The van der Waals surface area contributed by atoms with Gasteiger partial charge in [-0.25, -0.2) is 4.79 Å². The van der Waals surface area contributed by atoms with Crippen LogP contribution in [0.2, 0.25) is 0 Å². The van der Waals surface area contributed by atoms with Gasteiger partial charge in [0, 0.05) is 28.5 Å². The highest BCUT2D eigenvalue weighted by molar-refractivity contribution is 9.10. The Bertz CT molecular complexity index is 1000. The van der Waals surface area contributed by atoms with E-state index >= 15 is 0 Å². The molecule has 32 heavy (non-hydrogen) atoms. The first-order chi connectivity index (χ1) is 15.5. The molecular weight excluding hydrogens is 474 g/mol. The van der Waals surface area contributed by atoms with Crippen molar-refractivity contribution in [3.05, 3.63) is 63.6 Å². The Hall–Kier alpha value is -2.54. The molecule has 2 aliphatic rings. The highest BCUT2D eigenvalue weighted by Gasteiger charge is 2.47. The summed E-state index contributed by atoms with van der Waals surface area (Å²) in [5.74, 6) is 0.449. The molecule has 1 heterocycles. The summed E-state index contributed by atoms with van der Waals surface area (Å²) in [6.07, 6.45) is 2.34. The predicted molar refractivity (Wildman–Crippen MR) is 124 cm³/mol. The number of amides is 1. The minimum Gasteiger partial charge on any atom is -0.485 e. The normalized spacial score (nSPS) is 18.8. The van der Waals surface area contributed by atoms with Gasteiger partial charge in [0.2, 0.25) is 0 Å². The van der Waals surface area contributed by atoms with Crippen molar-refractivity contribution >= 4 is 28.0 Å². The van der Waals surface area contributed by atoms with Gasteiger partial charge in [0.25, 0.3) is 0 Å². The van der Waals surface area contributed by atoms with Crippen LogP contribution in [0.25, 0.3) is 0 Å². The Balaban J connectivity index is 1.59.